The van der Waals surface area contributed by atoms with Crippen LogP contribution in [0, 0.1) is 0 Å². The summed E-state index contributed by atoms with van der Waals surface area (Å²) in [6.45, 7) is 3.65. The van der Waals surface area contributed by atoms with Crippen molar-refractivity contribution in [1.82, 2.24) is 4.90 Å². The van der Waals surface area contributed by atoms with Gasteiger partial charge in [-0.1, -0.05) is 104 Å². The number of hydrogen-bond donors (Lipinski definition) is 1. The first-order chi connectivity index (χ1) is 18.4. The Labute approximate surface area is 225 Å². The number of nitrogens with two attached hydrogens (primary N) is 1. The summed E-state index contributed by atoms with van der Waals surface area (Å²) < 4.78 is 24.1. The van der Waals surface area contributed by atoms with Crippen molar-refractivity contribution in [2.75, 3.05) is 11.4 Å². The van der Waals surface area contributed by atoms with Gasteiger partial charge in [-0.2, -0.15) is 0 Å². The highest BCUT2D eigenvalue weighted by Crippen LogP contribution is 2.27. The molecule has 0 unspecified atom stereocenters. The minimum atomic E-state index is -3.85. The Morgan fingerprint density at radius 1 is 0.737 bits per heavy atom. The summed E-state index contributed by atoms with van der Waals surface area (Å²) in [5.74, 6) is 0. The molecule has 0 saturated heterocycles. The maximum Gasteiger partial charge on any atom is 0.325 e. The van der Waals surface area contributed by atoms with E-state index < -0.39 is 10.0 Å². The van der Waals surface area contributed by atoms with Crippen LogP contribution < -0.4 is 10.0 Å². The first-order valence-corrected chi connectivity index (χ1v) is 14.3. The van der Waals surface area contributed by atoms with Crippen molar-refractivity contribution in [2.24, 2.45) is 5.14 Å². The molecule has 2 amide bonds. The fraction of sp³-hybridized carbons (Fsp3) is 0.194. The first-order valence-electron chi connectivity index (χ1n) is 12.7. The fourth-order valence-corrected chi connectivity index (χ4v) is 5.13. The Kier molecular flexibility index (Phi) is 8.94. The zero-order valence-electron chi connectivity index (χ0n) is 21.5. The van der Waals surface area contributed by atoms with Crippen LogP contribution in [0.2, 0.25) is 0 Å². The van der Waals surface area contributed by atoms with Crippen molar-refractivity contribution in [2.45, 2.75) is 37.8 Å². The molecule has 0 aliphatic rings. The van der Waals surface area contributed by atoms with Crippen molar-refractivity contribution in [3.05, 3.63) is 120 Å². The number of carbonyl (C=O) groups excluding carboxylic acids is 1. The largest absolute Gasteiger partial charge is 0.325 e. The van der Waals surface area contributed by atoms with E-state index in [1.807, 2.05) is 94.7 Å². The SMILES string of the molecule is CCCCN(Cc1ccc(-c2ccccc2S(N)(=O)=O)cc1)C(=O)N(Cc1ccccc1)c1ccccc1. The van der Waals surface area contributed by atoms with E-state index in [0.29, 0.717) is 25.2 Å². The Balaban J connectivity index is 1.60. The lowest BCUT2D eigenvalue weighted by atomic mass is 10.0. The third-order valence-corrected chi connectivity index (χ3v) is 7.34. The van der Waals surface area contributed by atoms with Crippen molar-refractivity contribution < 1.29 is 13.2 Å². The molecule has 6 nitrogen and oxygen atoms in total. The van der Waals surface area contributed by atoms with E-state index >= 15 is 0 Å². The normalized spacial score (nSPS) is 11.2. The van der Waals surface area contributed by atoms with E-state index in [1.54, 1.807) is 18.2 Å². The van der Waals surface area contributed by atoms with E-state index in [4.69, 9.17) is 5.14 Å². The molecule has 0 heterocycles. The van der Waals surface area contributed by atoms with Crippen molar-refractivity contribution >= 4 is 21.7 Å². The first kappa shape index (κ1) is 27.1. The average molecular weight is 528 g/mol. The maximum absolute atomic E-state index is 14.0. The molecule has 0 bridgehead atoms. The molecule has 7 heteroatoms. The summed E-state index contributed by atoms with van der Waals surface area (Å²) in [6.07, 6.45) is 1.86. The Morgan fingerprint density at radius 3 is 1.95 bits per heavy atom. The van der Waals surface area contributed by atoms with Gasteiger partial charge in [0.2, 0.25) is 10.0 Å². The number of carbonyl (C=O) groups is 1. The number of amides is 2. The summed E-state index contributed by atoms with van der Waals surface area (Å²) in [5.41, 5.74) is 4.16. The second-order valence-corrected chi connectivity index (χ2v) is 10.7. The van der Waals surface area contributed by atoms with Gasteiger partial charge in [0.05, 0.1) is 11.4 Å². The van der Waals surface area contributed by atoms with Crippen LogP contribution in [-0.2, 0) is 23.1 Å². The lowest BCUT2D eigenvalue weighted by molar-refractivity contribution is 0.200. The number of anilines is 1. The third-order valence-electron chi connectivity index (χ3n) is 6.37. The fourth-order valence-electron chi connectivity index (χ4n) is 4.37. The highest BCUT2D eigenvalue weighted by Gasteiger charge is 2.23. The molecule has 38 heavy (non-hydrogen) atoms. The zero-order chi connectivity index (χ0) is 27.0. The van der Waals surface area contributed by atoms with E-state index in [0.717, 1.165) is 35.2 Å². The minimum absolute atomic E-state index is 0.0582. The van der Waals surface area contributed by atoms with Gasteiger partial charge >= 0.3 is 6.03 Å². The second kappa shape index (κ2) is 12.5. The van der Waals surface area contributed by atoms with Gasteiger partial charge in [0.15, 0.2) is 0 Å². The number of unbranched alkanes of at least 4 members (excludes halogenated alkanes) is 1. The van der Waals surface area contributed by atoms with E-state index in [9.17, 15) is 13.2 Å². The molecule has 4 aromatic rings. The highest BCUT2D eigenvalue weighted by molar-refractivity contribution is 7.89. The van der Waals surface area contributed by atoms with Crippen molar-refractivity contribution in [3.63, 3.8) is 0 Å². The summed E-state index contributed by atoms with van der Waals surface area (Å²) >= 11 is 0. The lowest BCUT2D eigenvalue weighted by Crippen LogP contribution is -2.43. The zero-order valence-corrected chi connectivity index (χ0v) is 22.3. The van der Waals surface area contributed by atoms with E-state index in [1.165, 1.54) is 6.07 Å². The molecule has 4 rings (SSSR count). The molecule has 0 atom stereocenters. The van der Waals surface area contributed by atoms with Gasteiger partial charge in [-0.3, -0.25) is 4.90 Å². The Hall–Kier alpha value is -3.94. The van der Waals surface area contributed by atoms with Gasteiger partial charge in [0.25, 0.3) is 0 Å². The molecular formula is C31H33N3O3S. The van der Waals surface area contributed by atoms with Crippen LogP contribution in [0.1, 0.15) is 30.9 Å². The molecular weight excluding hydrogens is 494 g/mol. The molecule has 0 aliphatic carbocycles. The van der Waals surface area contributed by atoms with Crippen LogP contribution in [-0.4, -0.2) is 25.9 Å². The van der Waals surface area contributed by atoms with Crippen LogP contribution in [0.4, 0.5) is 10.5 Å². The molecule has 0 spiro atoms. The summed E-state index contributed by atoms with van der Waals surface area (Å²) in [4.78, 5) is 17.8. The number of hydrogen-bond acceptors (Lipinski definition) is 3. The highest BCUT2D eigenvalue weighted by atomic mass is 32.2. The van der Waals surface area contributed by atoms with Crippen LogP contribution in [0.3, 0.4) is 0 Å². The van der Waals surface area contributed by atoms with Crippen LogP contribution >= 0.6 is 0 Å². The van der Waals surface area contributed by atoms with Crippen molar-refractivity contribution in [1.29, 1.82) is 0 Å². The number of nitrogens with zero attached hydrogens (tertiary/aromatic N) is 2. The lowest BCUT2D eigenvalue weighted by Gasteiger charge is -2.31. The monoisotopic (exact) mass is 527 g/mol. The van der Waals surface area contributed by atoms with E-state index in [-0.39, 0.29) is 10.9 Å². The summed E-state index contributed by atoms with van der Waals surface area (Å²) in [6, 6.07) is 34.0. The number of primary sulfonamides is 1. The van der Waals surface area contributed by atoms with E-state index in [2.05, 4.69) is 6.92 Å². The van der Waals surface area contributed by atoms with Crippen molar-refractivity contribution in [3.8, 4) is 11.1 Å². The quantitative estimate of drug-likeness (QED) is 0.258. The number of rotatable bonds is 10. The number of urea groups is 1. The van der Waals surface area contributed by atoms with Gasteiger partial charge in [0.1, 0.15) is 0 Å². The Morgan fingerprint density at radius 2 is 1.32 bits per heavy atom. The second-order valence-electron chi connectivity index (χ2n) is 9.20. The van der Waals surface area contributed by atoms with Gasteiger partial charge < -0.3 is 4.90 Å². The smallest absolute Gasteiger partial charge is 0.320 e. The summed E-state index contributed by atoms with van der Waals surface area (Å²) in [7, 11) is -3.85. The molecule has 0 fully saturated rings. The Bertz CT molecular complexity index is 1440. The summed E-state index contributed by atoms with van der Waals surface area (Å²) in [5, 5.41) is 5.43. The maximum atomic E-state index is 14.0. The number of benzene rings is 4. The van der Waals surface area contributed by atoms with Crippen LogP contribution in [0.15, 0.2) is 114 Å². The molecule has 0 saturated carbocycles. The number of sulfonamides is 1. The molecule has 2 N–H and O–H groups in total. The molecule has 4 aromatic carbocycles. The third kappa shape index (κ3) is 6.88. The standard InChI is InChI=1S/C31H33N3O3S/c1-2-3-22-33(31(35)34(28-14-8-5-9-15-28)24-25-12-6-4-7-13-25)23-26-18-20-27(21-19-26)29-16-10-11-17-30(29)38(32,36)37/h4-21H,2-3,22-24H2,1H3,(H2,32,36,37). The predicted octanol–water partition coefficient (Wildman–Crippen LogP) is 6.43. The number of para-hydroxylation sites is 1. The topological polar surface area (TPSA) is 83.7 Å². The van der Waals surface area contributed by atoms with Gasteiger partial charge in [-0.05, 0) is 41.3 Å². The molecule has 196 valence electrons. The molecule has 0 aromatic heterocycles. The molecule has 0 aliphatic heterocycles. The average Bonchev–Trinajstić information content (AvgIpc) is 2.94. The predicted molar refractivity (Wildman–Crippen MR) is 153 cm³/mol. The van der Waals surface area contributed by atoms with Crippen LogP contribution in [0.5, 0.6) is 0 Å². The van der Waals surface area contributed by atoms with Crippen LogP contribution in [0.25, 0.3) is 11.1 Å². The van der Waals surface area contributed by atoms with Gasteiger partial charge in [-0.15, -0.1) is 0 Å². The van der Waals surface area contributed by atoms with Gasteiger partial charge in [-0.25, -0.2) is 18.4 Å². The van der Waals surface area contributed by atoms with Gasteiger partial charge in [0, 0.05) is 24.3 Å². The minimum Gasteiger partial charge on any atom is -0.320 e. The molecule has 0 radical (unpaired) electrons.